The van der Waals surface area contributed by atoms with Crippen molar-refractivity contribution in [3.8, 4) is 0 Å². The van der Waals surface area contributed by atoms with Gasteiger partial charge in [-0.05, 0) is 19.8 Å². The minimum absolute atomic E-state index is 0.587. The molecule has 1 aromatic heterocycles. The van der Waals surface area contributed by atoms with Gasteiger partial charge >= 0.3 is 0 Å². The molecule has 2 N–H and O–H groups in total. The summed E-state index contributed by atoms with van der Waals surface area (Å²) in [5.74, 6) is 1.18. The fourth-order valence-electron chi connectivity index (χ4n) is 1.57. The molecule has 78 valence electrons. The van der Waals surface area contributed by atoms with Crippen molar-refractivity contribution >= 4 is 5.82 Å². The Hall–Kier alpha value is -1.10. The van der Waals surface area contributed by atoms with Crippen molar-refractivity contribution in [1.29, 1.82) is 0 Å². The standard InChI is InChI=1S/C9H16N4O/c1-2-14-6-5-13-8(7-3-4-7)9(10)11-12-13/h7H,2-6,10H2,1H3. The molecule has 0 aromatic carbocycles. The SMILES string of the molecule is CCOCCn1nnc(N)c1C1CC1. The van der Waals surface area contributed by atoms with Gasteiger partial charge in [-0.15, -0.1) is 5.10 Å². The average Bonchev–Trinajstić information content (AvgIpc) is 2.93. The first-order valence-corrected chi connectivity index (χ1v) is 5.09. The molecule has 0 aliphatic heterocycles. The average molecular weight is 196 g/mol. The second kappa shape index (κ2) is 3.96. The maximum atomic E-state index is 5.75. The van der Waals surface area contributed by atoms with Crippen LogP contribution in [0.1, 0.15) is 31.4 Å². The second-order valence-corrected chi connectivity index (χ2v) is 3.55. The van der Waals surface area contributed by atoms with E-state index >= 15 is 0 Å². The predicted molar refractivity (Wildman–Crippen MR) is 52.9 cm³/mol. The van der Waals surface area contributed by atoms with E-state index < -0.39 is 0 Å². The fraction of sp³-hybridized carbons (Fsp3) is 0.778. The molecule has 1 saturated carbocycles. The summed E-state index contributed by atoms with van der Waals surface area (Å²) in [5.41, 5.74) is 6.85. The molecule has 0 bridgehead atoms. The zero-order valence-electron chi connectivity index (χ0n) is 8.44. The summed E-state index contributed by atoms with van der Waals surface area (Å²) in [7, 11) is 0. The number of ether oxygens (including phenoxy) is 1. The van der Waals surface area contributed by atoms with Crippen molar-refractivity contribution in [1.82, 2.24) is 15.0 Å². The Balaban J connectivity index is 2.01. The zero-order chi connectivity index (χ0) is 9.97. The number of nitrogens with zero attached hydrogens (tertiary/aromatic N) is 3. The summed E-state index contributed by atoms with van der Waals surface area (Å²) >= 11 is 0. The van der Waals surface area contributed by atoms with Crippen LogP contribution in [-0.2, 0) is 11.3 Å². The molecule has 0 unspecified atom stereocenters. The van der Waals surface area contributed by atoms with E-state index in [-0.39, 0.29) is 0 Å². The molecule has 5 nitrogen and oxygen atoms in total. The first-order valence-electron chi connectivity index (χ1n) is 5.09. The third-order valence-electron chi connectivity index (χ3n) is 2.42. The molecule has 14 heavy (non-hydrogen) atoms. The highest BCUT2D eigenvalue weighted by Gasteiger charge is 2.30. The molecule has 0 saturated heterocycles. The molecule has 0 radical (unpaired) electrons. The quantitative estimate of drug-likeness (QED) is 0.706. The van der Waals surface area contributed by atoms with Crippen molar-refractivity contribution in [2.24, 2.45) is 0 Å². The van der Waals surface area contributed by atoms with Gasteiger partial charge in [-0.2, -0.15) is 0 Å². The predicted octanol–water partition coefficient (Wildman–Crippen LogP) is 0.774. The number of rotatable bonds is 5. The van der Waals surface area contributed by atoms with E-state index in [2.05, 4.69) is 10.3 Å². The number of nitrogens with two attached hydrogens (primary N) is 1. The largest absolute Gasteiger partial charge is 0.381 e. The van der Waals surface area contributed by atoms with Gasteiger partial charge in [-0.3, -0.25) is 0 Å². The molecule has 1 aliphatic rings. The van der Waals surface area contributed by atoms with E-state index in [1.165, 1.54) is 12.8 Å². The Morgan fingerprint density at radius 2 is 2.36 bits per heavy atom. The first kappa shape index (κ1) is 9.45. The Kier molecular flexibility index (Phi) is 2.67. The molecular formula is C9H16N4O. The maximum Gasteiger partial charge on any atom is 0.169 e. The maximum absolute atomic E-state index is 5.75. The lowest BCUT2D eigenvalue weighted by molar-refractivity contribution is 0.135. The summed E-state index contributed by atoms with van der Waals surface area (Å²) in [5, 5.41) is 7.90. The number of nitrogen functional groups attached to an aromatic ring is 1. The molecule has 5 heteroatoms. The fourth-order valence-corrected chi connectivity index (χ4v) is 1.57. The smallest absolute Gasteiger partial charge is 0.169 e. The highest BCUT2D eigenvalue weighted by molar-refractivity contribution is 5.38. The third kappa shape index (κ3) is 1.87. The third-order valence-corrected chi connectivity index (χ3v) is 2.42. The summed E-state index contributed by atoms with van der Waals surface area (Å²) in [4.78, 5) is 0. The Labute approximate surface area is 83.2 Å². The normalized spacial score (nSPS) is 16.1. The van der Waals surface area contributed by atoms with E-state index in [4.69, 9.17) is 10.5 Å². The van der Waals surface area contributed by atoms with Crippen LogP contribution in [0.15, 0.2) is 0 Å². The van der Waals surface area contributed by atoms with Gasteiger partial charge in [0, 0.05) is 12.5 Å². The van der Waals surface area contributed by atoms with Gasteiger partial charge in [0.1, 0.15) is 0 Å². The highest BCUT2D eigenvalue weighted by atomic mass is 16.5. The van der Waals surface area contributed by atoms with Crippen molar-refractivity contribution < 1.29 is 4.74 Å². The van der Waals surface area contributed by atoms with Gasteiger partial charge in [0.05, 0.1) is 18.8 Å². The molecule has 1 aliphatic carbocycles. The van der Waals surface area contributed by atoms with E-state index in [0.29, 0.717) is 18.3 Å². The van der Waals surface area contributed by atoms with Crippen molar-refractivity contribution in [3.63, 3.8) is 0 Å². The summed E-state index contributed by atoms with van der Waals surface area (Å²) in [6.45, 7) is 4.16. The lowest BCUT2D eigenvalue weighted by Gasteiger charge is -2.05. The van der Waals surface area contributed by atoms with Crippen LogP contribution >= 0.6 is 0 Å². The van der Waals surface area contributed by atoms with E-state index in [1.807, 2.05) is 11.6 Å². The molecule has 0 atom stereocenters. The lowest BCUT2D eigenvalue weighted by Crippen LogP contribution is -2.10. The van der Waals surface area contributed by atoms with Gasteiger partial charge in [-0.1, -0.05) is 5.21 Å². The van der Waals surface area contributed by atoms with Gasteiger partial charge < -0.3 is 10.5 Å². The Morgan fingerprint density at radius 3 is 3.00 bits per heavy atom. The van der Waals surface area contributed by atoms with E-state index in [0.717, 1.165) is 18.8 Å². The van der Waals surface area contributed by atoms with Crippen LogP contribution in [0.2, 0.25) is 0 Å². The molecular weight excluding hydrogens is 180 g/mol. The van der Waals surface area contributed by atoms with E-state index in [1.54, 1.807) is 0 Å². The topological polar surface area (TPSA) is 66.0 Å². The van der Waals surface area contributed by atoms with Crippen LogP contribution in [0.25, 0.3) is 0 Å². The van der Waals surface area contributed by atoms with Crippen LogP contribution in [0.3, 0.4) is 0 Å². The molecule has 0 spiro atoms. The summed E-state index contributed by atoms with van der Waals surface area (Å²) in [6, 6.07) is 0. The highest BCUT2D eigenvalue weighted by Crippen LogP contribution is 2.41. The Bertz CT molecular complexity index is 306. The van der Waals surface area contributed by atoms with Gasteiger partial charge in [0.15, 0.2) is 5.82 Å². The summed E-state index contributed by atoms with van der Waals surface area (Å²) in [6.07, 6.45) is 2.43. The summed E-state index contributed by atoms with van der Waals surface area (Å²) < 4.78 is 7.15. The van der Waals surface area contributed by atoms with Crippen molar-refractivity contribution in [2.75, 3.05) is 18.9 Å². The van der Waals surface area contributed by atoms with Crippen molar-refractivity contribution in [3.05, 3.63) is 5.69 Å². The molecule has 1 heterocycles. The van der Waals surface area contributed by atoms with Crippen LogP contribution in [0.4, 0.5) is 5.82 Å². The Morgan fingerprint density at radius 1 is 1.57 bits per heavy atom. The second-order valence-electron chi connectivity index (χ2n) is 3.55. The molecule has 2 rings (SSSR count). The van der Waals surface area contributed by atoms with Gasteiger partial charge in [0.2, 0.25) is 0 Å². The number of hydrogen-bond acceptors (Lipinski definition) is 4. The zero-order valence-corrected chi connectivity index (χ0v) is 8.44. The van der Waals surface area contributed by atoms with Crippen molar-refractivity contribution in [2.45, 2.75) is 32.2 Å². The lowest BCUT2D eigenvalue weighted by atomic mass is 10.3. The first-order chi connectivity index (χ1) is 6.83. The van der Waals surface area contributed by atoms with Gasteiger partial charge in [-0.25, -0.2) is 4.68 Å². The minimum Gasteiger partial charge on any atom is -0.381 e. The van der Waals surface area contributed by atoms with Crippen LogP contribution in [0.5, 0.6) is 0 Å². The van der Waals surface area contributed by atoms with Crippen LogP contribution in [0, 0.1) is 0 Å². The van der Waals surface area contributed by atoms with Crippen LogP contribution < -0.4 is 5.73 Å². The number of aromatic nitrogens is 3. The molecule has 0 amide bonds. The van der Waals surface area contributed by atoms with Crippen LogP contribution in [-0.4, -0.2) is 28.2 Å². The number of anilines is 1. The monoisotopic (exact) mass is 196 g/mol. The molecule has 1 fully saturated rings. The number of hydrogen-bond donors (Lipinski definition) is 1. The van der Waals surface area contributed by atoms with Gasteiger partial charge in [0.25, 0.3) is 0 Å². The molecule has 1 aromatic rings. The van der Waals surface area contributed by atoms with E-state index in [9.17, 15) is 0 Å². The minimum atomic E-state index is 0.587.